The minimum Gasteiger partial charge on any atom is -0.369 e. The second kappa shape index (κ2) is 14.7. The Bertz CT molecular complexity index is 1630. The maximum atomic E-state index is 13.2. The molecule has 246 valence electrons. The molecule has 2 fully saturated rings. The SMILES string of the molecule is O=c1sc2cc(CCCCN3CCN(c4cccc(C(F)(F)F)c4)CC3)ccc2n1CCN1CCC(Cc2ccc(F)cc2)CC1. The van der Waals surface area contributed by atoms with Crippen LogP contribution in [-0.4, -0.2) is 66.7 Å². The van der Waals surface area contributed by atoms with E-state index in [1.807, 2.05) is 21.6 Å². The number of aromatic nitrogens is 1. The number of nitrogens with zero attached hydrogens (tertiary/aromatic N) is 4. The highest BCUT2D eigenvalue weighted by atomic mass is 32.1. The highest BCUT2D eigenvalue weighted by Crippen LogP contribution is 2.32. The van der Waals surface area contributed by atoms with Crippen LogP contribution in [0.4, 0.5) is 23.2 Å². The smallest absolute Gasteiger partial charge is 0.369 e. The molecule has 0 aliphatic carbocycles. The summed E-state index contributed by atoms with van der Waals surface area (Å²) in [6.45, 7) is 7.73. The van der Waals surface area contributed by atoms with Crippen molar-refractivity contribution in [1.29, 1.82) is 0 Å². The average Bonchev–Trinajstić information content (AvgIpc) is 3.37. The lowest BCUT2D eigenvalue weighted by Crippen LogP contribution is -2.46. The number of hydrogen-bond acceptors (Lipinski definition) is 5. The number of unbranched alkanes of at least 4 members (excludes halogenated alkanes) is 1. The zero-order valence-corrected chi connectivity index (χ0v) is 27.0. The van der Waals surface area contributed by atoms with Crippen LogP contribution >= 0.6 is 11.3 Å². The van der Waals surface area contributed by atoms with Crippen LogP contribution in [0.15, 0.2) is 71.5 Å². The standard InChI is InChI=1S/C36H42F4N4OS/c37-31-10-7-28(8-11-31)24-29-13-16-42(17-14-29)20-23-44-33-12-9-27(25-34(33)46-35(44)45)4-1-2-15-41-18-21-43(22-19-41)32-6-3-5-30(26-32)36(38,39)40/h3,5-12,25-26,29H,1-2,4,13-24H2. The van der Waals surface area contributed by atoms with Gasteiger partial charge in [-0.25, -0.2) is 4.39 Å². The summed E-state index contributed by atoms with van der Waals surface area (Å²) in [4.78, 5) is 19.9. The van der Waals surface area contributed by atoms with Crippen LogP contribution in [0.3, 0.4) is 0 Å². The van der Waals surface area contributed by atoms with E-state index in [0.29, 0.717) is 18.2 Å². The van der Waals surface area contributed by atoms with Gasteiger partial charge >= 0.3 is 11.0 Å². The van der Waals surface area contributed by atoms with Gasteiger partial charge in [-0.2, -0.15) is 13.2 Å². The number of piperidine rings is 1. The summed E-state index contributed by atoms with van der Waals surface area (Å²) >= 11 is 1.33. The molecule has 10 heteroatoms. The summed E-state index contributed by atoms with van der Waals surface area (Å²) in [6.07, 6.45) is 1.97. The molecule has 1 aromatic heterocycles. The molecule has 6 rings (SSSR count). The Morgan fingerprint density at radius 1 is 0.761 bits per heavy atom. The van der Waals surface area contributed by atoms with Gasteiger partial charge in [0.15, 0.2) is 0 Å². The van der Waals surface area contributed by atoms with Crippen molar-refractivity contribution in [2.24, 2.45) is 5.92 Å². The number of halogens is 4. The predicted molar refractivity (Wildman–Crippen MR) is 178 cm³/mol. The van der Waals surface area contributed by atoms with Crippen molar-refractivity contribution in [1.82, 2.24) is 14.4 Å². The van der Waals surface area contributed by atoms with Gasteiger partial charge in [0.05, 0.1) is 15.8 Å². The average molecular weight is 655 g/mol. The molecule has 0 unspecified atom stereocenters. The first-order valence-electron chi connectivity index (χ1n) is 16.4. The number of piperazine rings is 1. The lowest BCUT2D eigenvalue weighted by Gasteiger charge is -2.36. The summed E-state index contributed by atoms with van der Waals surface area (Å²) in [7, 11) is 0. The van der Waals surface area contributed by atoms with E-state index in [9.17, 15) is 22.4 Å². The molecule has 0 N–H and O–H groups in total. The van der Waals surface area contributed by atoms with Crippen molar-refractivity contribution in [3.63, 3.8) is 0 Å². The molecule has 2 aliphatic rings. The van der Waals surface area contributed by atoms with E-state index < -0.39 is 11.7 Å². The van der Waals surface area contributed by atoms with Gasteiger partial charge in [0.1, 0.15) is 5.82 Å². The summed E-state index contributed by atoms with van der Waals surface area (Å²) < 4.78 is 55.5. The first-order chi connectivity index (χ1) is 22.2. The third kappa shape index (κ3) is 8.38. The van der Waals surface area contributed by atoms with Crippen molar-refractivity contribution in [3.8, 4) is 0 Å². The van der Waals surface area contributed by atoms with Crippen molar-refractivity contribution >= 4 is 27.2 Å². The molecule has 3 aromatic carbocycles. The van der Waals surface area contributed by atoms with Crippen molar-refractivity contribution in [2.45, 2.75) is 51.2 Å². The van der Waals surface area contributed by atoms with Crippen LogP contribution < -0.4 is 9.77 Å². The number of hydrogen-bond donors (Lipinski definition) is 0. The minimum atomic E-state index is -4.32. The number of fused-ring (bicyclic) bond motifs is 1. The number of aryl methyl sites for hydroxylation is 1. The Morgan fingerprint density at radius 2 is 1.48 bits per heavy atom. The quantitative estimate of drug-likeness (QED) is 0.125. The number of anilines is 1. The Labute approximate surface area is 272 Å². The van der Waals surface area contributed by atoms with E-state index in [1.54, 1.807) is 18.2 Å². The molecule has 0 atom stereocenters. The summed E-state index contributed by atoms with van der Waals surface area (Å²) in [6, 6.07) is 18.9. The van der Waals surface area contributed by atoms with Gasteiger partial charge in [-0.15, -0.1) is 0 Å². The van der Waals surface area contributed by atoms with Crippen LogP contribution in [0.5, 0.6) is 0 Å². The molecule has 5 nitrogen and oxygen atoms in total. The fraction of sp³-hybridized carbons (Fsp3) is 0.472. The first kappa shape index (κ1) is 32.7. The molecule has 0 amide bonds. The van der Waals surface area contributed by atoms with Crippen molar-refractivity contribution in [2.75, 3.05) is 57.3 Å². The first-order valence-corrected chi connectivity index (χ1v) is 17.3. The van der Waals surface area contributed by atoms with Gasteiger partial charge in [-0.3, -0.25) is 14.3 Å². The van der Waals surface area contributed by atoms with E-state index in [2.05, 4.69) is 28.0 Å². The summed E-state index contributed by atoms with van der Waals surface area (Å²) in [5, 5.41) is 0. The second-order valence-electron chi connectivity index (χ2n) is 12.8. The number of rotatable bonds is 11. The Kier molecular flexibility index (Phi) is 10.5. The molecule has 0 saturated carbocycles. The molecule has 0 spiro atoms. The summed E-state index contributed by atoms with van der Waals surface area (Å²) in [5.41, 5.74) is 3.51. The maximum Gasteiger partial charge on any atom is 0.416 e. The third-order valence-corrected chi connectivity index (χ3v) is 10.6. The zero-order chi connectivity index (χ0) is 32.1. The summed E-state index contributed by atoms with van der Waals surface area (Å²) in [5.74, 6) is 0.431. The molecule has 0 bridgehead atoms. The maximum absolute atomic E-state index is 13.2. The highest BCUT2D eigenvalue weighted by Gasteiger charge is 2.31. The molecular formula is C36H42F4N4OS. The fourth-order valence-electron chi connectivity index (χ4n) is 6.86. The van der Waals surface area contributed by atoms with Crippen molar-refractivity contribution in [3.05, 3.63) is 98.9 Å². The van der Waals surface area contributed by atoms with E-state index >= 15 is 0 Å². The van der Waals surface area contributed by atoms with Gasteiger partial charge in [0.2, 0.25) is 0 Å². The van der Waals surface area contributed by atoms with Gasteiger partial charge in [0.25, 0.3) is 0 Å². The van der Waals surface area contributed by atoms with Crippen molar-refractivity contribution < 1.29 is 17.6 Å². The monoisotopic (exact) mass is 654 g/mol. The number of thiazole rings is 1. The fourth-order valence-corrected chi connectivity index (χ4v) is 7.84. The van der Waals surface area contributed by atoms with Gasteiger partial charge in [-0.05, 0) is 118 Å². The molecule has 0 radical (unpaired) electrons. The van der Waals surface area contributed by atoms with Crippen LogP contribution in [-0.2, 0) is 25.6 Å². The predicted octanol–water partition coefficient (Wildman–Crippen LogP) is 7.32. The van der Waals surface area contributed by atoms with E-state index in [0.717, 1.165) is 107 Å². The van der Waals surface area contributed by atoms with Gasteiger partial charge in [-0.1, -0.05) is 35.6 Å². The Balaban J connectivity index is 0.916. The lowest BCUT2D eigenvalue weighted by molar-refractivity contribution is -0.137. The highest BCUT2D eigenvalue weighted by molar-refractivity contribution is 7.16. The van der Waals surface area contributed by atoms with Crippen LogP contribution in [0.2, 0.25) is 0 Å². The topological polar surface area (TPSA) is 31.7 Å². The van der Waals surface area contributed by atoms with E-state index in [4.69, 9.17) is 0 Å². The Hall–Kier alpha value is -3.21. The van der Waals surface area contributed by atoms with Gasteiger partial charge < -0.3 is 9.80 Å². The van der Waals surface area contributed by atoms with Crippen LogP contribution in [0.25, 0.3) is 10.2 Å². The van der Waals surface area contributed by atoms with E-state index in [-0.39, 0.29) is 10.7 Å². The largest absolute Gasteiger partial charge is 0.416 e. The molecule has 2 saturated heterocycles. The van der Waals surface area contributed by atoms with Gasteiger partial charge in [0, 0.05) is 45.0 Å². The normalized spacial score (nSPS) is 17.3. The second-order valence-corrected chi connectivity index (χ2v) is 13.8. The molecule has 3 heterocycles. The number of likely N-dealkylation sites (tertiary alicyclic amines) is 1. The molecule has 2 aliphatic heterocycles. The Morgan fingerprint density at radius 3 is 2.22 bits per heavy atom. The van der Waals surface area contributed by atoms with Crippen LogP contribution in [0, 0.1) is 11.7 Å². The minimum absolute atomic E-state index is 0.0996. The lowest BCUT2D eigenvalue weighted by atomic mass is 9.90. The molecular weight excluding hydrogens is 612 g/mol. The van der Waals surface area contributed by atoms with E-state index in [1.165, 1.54) is 34.6 Å². The number of benzene rings is 3. The van der Waals surface area contributed by atoms with Crippen LogP contribution in [0.1, 0.15) is 42.4 Å². The third-order valence-electron chi connectivity index (χ3n) is 9.62. The molecule has 4 aromatic rings. The number of alkyl halides is 3. The zero-order valence-electron chi connectivity index (χ0n) is 26.2. The molecule has 46 heavy (non-hydrogen) atoms.